The largest absolute Gasteiger partial charge is 0.466 e. The first-order chi connectivity index (χ1) is 8.08. The molecule has 3 nitrogen and oxygen atoms in total. The number of carbonyl (C=O) groups excluding carboxylic acids is 1. The fraction of sp³-hybridized carbons (Fsp3) is 0.308. The van der Waals surface area contributed by atoms with Gasteiger partial charge in [0.05, 0.1) is 17.8 Å². The molecule has 2 N–H and O–H groups in total. The molecule has 1 aromatic rings. The lowest BCUT2D eigenvalue weighted by Crippen LogP contribution is -1.98. The number of nitrogen functional groups attached to an aromatic ring is 1. The Morgan fingerprint density at radius 1 is 1.53 bits per heavy atom. The van der Waals surface area contributed by atoms with Gasteiger partial charge in [0.15, 0.2) is 0 Å². The van der Waals surface area contributed by atoms with E-state index in [1.807, 2.05) is 13.0 Å². The number of methoxy groups -OCH3 is 1. The molecule has 0 unspecified atom stereocenters. The van der Waals surface area contributed by atoms with E-state index in [1.165, 1.54) is 13.2 Å². The van der Waals surface area contributed by atoms with Crippen molar-refractivity contribution >= 4 is 28.8 Å². The molecule has 0 aliphatic heterocycles. The number of esters is 1. The zero-order chi connectivity index (χ0) is 12.8. The van der Waals surface area contributed by atoms with E-state index in [9.17, 15) is 4.79 Å². The molecule has 0 atom stereocenters. The maximum Gasteiger partial charge on any atom is 0.330 e. The zero-order valence-corrected chi connectivity index (χ0v) is 10.8. The fourth-order valence-corrected chi connectivity index (χ4v) is 1.63. The predicted molar refractivity (Wildman–Crippen MR) is 70.8 cm³/mol. The first-order valence-corrected chi connectivity index (χ1v) is 5.80. The minimum atomic E-state index is -0.359. The van der Waals surface area contributed by atoms with Gasteiger partial charge in [-0.3, -0.25) is 0 Å². The Bertz CT molecular complexity index is 441. The van der Waals surface area contributed by atoms with E-state index in [1.54, 1.807) is 12.1 Å². The summed E-state index contributed by atoms with van der Waals surface area (Å²) in [6, 6.07) is 5.35. The highest BCUT2D eigenvalue weighted by Crippen LogP contribution is 2.26. The second kappa shape index (κ2) is 6.30. The molecule has 0 aliphatic carbocycles. The molecule has 17 heavy (non-hydrogen) atoms. The first-order valence-electron chi connectivity index (χ1n) is 5.42. The summed E-state index contributed by atoms with van der Waals surface area (Å²) >= 11 is 5.86. The van der Waals surface area contributed by atoms with E-state index < -0.39 is 0 Å². The molecule has 0 aromatic heterocycles. The molecule has 0 saturated heterocycles. The van der Waals surface area contributed by atoms with Gasteiger partial charge in [0, 0.05) is 6.08 Å². The number of hydrogen-bond acceptors (Lipinski definition) is 3. The highest BCUT2D eigenvalue weighted by Gasteiger charge is 2.06. The third kappa shape index (κ3) is 3.79. The molecular weight excluding hydrogens is 238 g/mol. The summed E-state index contributed by atoms with van der Waals surface area (Å²) in [5, 5.41) is 0.516. The van der Waals surface area contributed by atoms with E-state index in [2.05, 4.69) is 4.74 Å². The van der Waals surface area contributed by atoms with Gasteiger partial charge in [-0.1, -0.05) is 31.0 Å². The van der Waals surface area contributed by atoms with Gasteiger partial charge in [0.1, 0.15) is 0 Å². The van der Waals surface area contributed by atoms with Crippen LogP contribution in [-0.4, -0.2) is 13.1 Å². The minimum Gasteiger partial charge on any atom is -0.466 e. The van der Waals surface area contributed by atoms with Crippen LogP contribution in [0.5, 0.6) is 0 Å². The van der Waals surface area contributed by atoms with E-state index in [4.69, 9.17) is 17.3 Å². The lowest BCUT2D eigenvalue weighted by molar-refractivity contribution is -0.134. The molecule has 0 bridgehead atoms. The molecule has 4 heteroatoms. The van der Waals surface area contributed by atoms with Crippen molar-refractivity contribution in [3.63, 3.8) is 0 Å². The number of rotatable bonds is 4. The van der Waals surface area contributed by atoms with Crippen molar-refractivity contribution in [3.8, 4) is 0 Å². The maximum absolute atomic E-state index is 11.3. The number of anilines is 1. The van der Waals surface area contributed by atoms with Gasteiger partial charge in [-0.05, 0) is 29.7 Å². The Morgan fingerprint density at radius 3 is 2.76 bits per heavy atom. The summed E-state index contributed by atoms with van der Waals surface area (Å²) in [6.45, 7) is 2.05. The van der Waals surface area contributed by atoms with Crippen molar-refractivity contribution in [2.45, 2.75) is 19.8 Å². The first kappa shape index (κ1) is 13.6. The Balaban J connectivity index is 3.09. The Hall–Kier alpha value is -1.48. The van der Waals surface area contributed by atoms with Crippen LogP contribution in [0.4, 0.5) is 5.69 Å². The zero-order valence-electron chi connectivity index (χ0n) is 10.00. The summed E-state index contributed by atoms with van der Waals surface area (Å²) in [7, 11) is 1.36. The summed E-state index contributed by atoms with van der Waals surface area (Å²) in [4.78, 5) is 11.3. The predicted octanol–water partition coefficient (Wildman–Crippen LogP) is 3.28. The fourth-order valence-electron chi connectivity index (χ4n) is 1.51. The number of benzene rings is 1. The highest BCUT2D eigenvalue weighted by molar-refractivity contribution is 6.33. The van der Waals surface area contributed by atoms with E-state index in [-0.39, 0.29) is 5.97 Å². The summed E-state index contributed by atoms with van der Waals surface area (Å²) in [5.74, 6) is -0.359. The van der Waals surface area contributed by atoms with Crippen molar-refractivity contribution in [2.75, 3.05) is 12.8 Å². The summed E-state index contributed by atoms with van der Waals surface area (Å²) < 4.78 is 4.63. The third-order valence-corrected chi connectivity index (χ3v) is 2.72. The van der Waals surface area contributed by atoms with Gasteiger partial charge in [-0.2, -0.15) is 0 Å². The van der Waals surface area contributed by atoms with Gasteiger partial charge in [0.2, 0.25) is 0 Å². The maximum atomic E-state index is 11.3. The van der Waals surface area contributed by atoms with Crippen LogP contribution in [0.1, 0.15) is 25.3 Å². The highest BCUT2D eigenvalue weighted by atomic mass is 35.5. The number of hydrogen-bond donors (Lipinski definition) is 1. The molecule has 92 valence electrons. The Kier molecular flexibility index (Phi) is 5.04. The molecule has 0 radical (unpaired) electrons. The lowest BCUT2D eigenvalue weighted by atomic mass is 10.0. The molecule has 1 rings (SSSR count). The number of nitrogens with two attached hydrogens (primary N) is 1. The lowest BCUT2D eigenvalue weighted by Gasteiger charge is -2.08. The van der Waals surface area contributed by atoms with Crippen LogP contribution in [0, 0.1) is 0 Å². The SMILES string of the molecule is CCC/C(=C\C(=O)OC)c1ccc(Cl)c(N)c1. The van der Waals surface area contributed by atoms with Gasteiger partial charge >= 0.3 is 5.97 Å². The van der Waals surface area contributed by atoms with E-state index in [0.29, 0.717) is 10.7 Å². The quantitative estimate of drug-likeness (QED) is 0.509. The second-order valence-corrected chi connectivity index (χ2v) is 4.09. The van der Waals surface area contributed by atoms with Gasteiger partial charge in [0.25, 0.3) is 0 Å². The van der Waals surface area contributed by atoms with Crippen LogP contribution in [0.2, 0.25) is 5.02 Å². The molecule has 0 spiro atoms. The number of allylic oxidation sites excluding steroid dienone is 1. The van der Waals surface area contributed by atoms with Crippen LogP contribution >= 0.6 is 11.6 Å². The van der Waals surface area contributed by atoms with E-state index in [0.717, 1.165) is 24.0 Å². The molecular formula is C13H16ClNO2. The number of ether oxygens (including phenoxy) is 1. The van der Waals surface area contributed by atoms with Crippen molar-refractivity contribution in [3.05, 3.63) is 34.9 Å². The van der Waals surface area contributed by atoms with Gasteiger partial charge < -0.3 is 10.5 Å². The standard InChI is InChI=1S/C13H16ClNO2/c1-3-4-9(8-13(16)17-2)10-5-6-11(14)12(15)7-10/h5-8H,3-4,15H2,1-2H3/b9-8+. The molecule has 0 heterocycles. The minimum absolute atomic E-state index is 0.359. The molecule has 0 saturated carbocycles. The van der Waals surface area contributed by atoms with Gasteiger partial charge in [-0.15, -0.1) is 0 Å². The second-order valence-electron chi connectivity index (χ2n) is 3.68. The third-order valence-electron chi connectivity index (χ3n) is 2.38. The van der Waals surface area contributed by atoms with Crippen molar-refractivity contribution in [1.82, 2.24) is 0 Å². The van der Waals surface area contributed by atoms with Crippen LogP contribution in [0.15, 0.2) is 24.3 Å². The van der Waals surface area contributed by atoms with Crippen LogP contribution < -0.4 is 5.73 Å². The average molecular weight is 254 g/mol. The molecule has 0 fully saturated rings. The van der Waals surface area contributed by atoms with Gasteiger partial charge in [-0.25, -0.2) is 4.79 Å². The Morgan fingerprint density at radius 2 is 2.24 bits per heavy atom. The smallest absolute Gasteiger partial charge is 0.330 e. The molecule has 1 aromatic carbocycles. The summed E-state index contributed by atoms with van der Waals surface area (Å²) in [5.41, 5.74) is 8.06. The van der Waals surface area contributed by atoms with E-state index >= 15 is 0 Å². The topological polar surface area (TPSA) is 52.3 Å². The van der Waals surface area contributed by atoms with Crippen LogP contribution in [-0.2, 0) is 9.53 Å². The normalized spacial score (nSPS) is 11.4. The number of carbonyl (C=O) groups is 1. The Labute approximate surface area is 106 Å². The van der Waals surface area contributed by atoms with Crippen LogP contribution in [0.25, 0.3) is 5.57 Å². The van der Waals surface area contributed by atoms with Crippen molar-refractivity contribution in [2.24, 2.45) is 0 Å². The summed E-state index contributed by atoms with van der Waals surface area (Å²) in [6.07, 6.45) is 3.22. The van der Waals surface area contributed by atoms with Crippen molar-refractivity contribution < 1.29 is 9.53 Å². The van der Waals surface area contributed by atoms with Crippen molar-refractivity contribution in [1.29, 1.82) is 0 Å². The van der Waals surface area contributed by atoms with Crippen LogP contribution in [0.3, 0.4) is 0 Å². The monoisotopic (exact) mass is 253 g/mol. The average Bonchev–Trinajstić information content (AvgIpc) is 2.32. The molecule has 0 aliphatic rings. The number of halogens is 1. The molecule has 0 amide bonds.